The molecule has 0 atom stereocenters. The van der Waals surface area contributed by atoms with Crippen molar-refractivity contribution >= 4 is 29.3 Å². The first-order chi connectivity index (χ1) is 16.2. The molecule has 3 aromatic heterocycles. The second-order valence-electron chi connectivity index (χ2n) is 7.39. The summed E-state index contributed by atoms with van der Waals surface area (Å²) in [6.45, 7) is 0.842. The number of aromatic nitrogens is 2. The van der Waals surface area contributed by atoms with Gasteiger partial charge in [0.05, 0.1) is 29.4 Å². The maximum atomic E-state index is 13.5. The number of hydrogen-bond acceptors (Lipinski definition) is 6. The van der Waals surface area contributed by atoms with E-state index in [-0.39, 0.29) is 12.4 Å². The van der Waals surface area contributed by atoms with E-state index in [4.69, 9.17) is 4.98 Å². The standard InChI is InChI=1S/C25H23FN4O2S/c26-20-5-1-3-18(13-20)10-12-28-25-23(30(17-32)15-19-4-2-11-27-14-19)8-7-22(29-25)24-9-6-21(16-31)33-24/h1-9,11,13-14,17,31H,10,12,15-16H2,(H,28,29). The highest BCUT2D eigenvalue weighted by molar-refractivity contribution is 7.15. The number of carbonyl (C=O) groups is 1. The molecule has 0 aliphatic heterocycles. The summed E-state index contributed by atoms with van der Waals surface area (Å²) in [5, 5.41) is 12.7. The molecule has 0 aliphatic carbocycles. The first-order valence-corrected chi connectivity index (χ1v) is 11.3. The molecule has 2 N–H and O–H groups in total. The number of nitrogens with zero attached hydrogens (tertiary/aromatic N) is 3. The summed E-state index contributed by atoms with van der Waals surface area (Å²) >= 11 is 1.47. The zero-order chi connectivity index (χ0) is 23.0. The highest BCUT2D eigenvalue weighted by Gasteiger charge is 2.15. The smallest absolute Gasteiger partial charge is 0.214 e. The molecule has 168 valence electrons. The van der Waals surface area contributed by atoms with E-state index in [0.717, 1.165) is 33.0 Å². The van der Waals surface area contributed by atoms with Crippen molar-refractivity contribution < 1.29 is 14.3 Å². The van der Waals surface area contributed by atoms with Crippen molar-refractivity contribution in [3.63, 3.8) is 0 Å². The first kappa shape index (κ1) is 22.6. The molecule has 0 bridgehead atoms. The van der Waals surface area contributed by atoms with Gasteiger partial charge >= 0.3 is 0 Å². The topological polar surface area (TPSA) is 78.4 Å². The molecular weight excluding hydrogens is 439 g/mol. The zero-order valence-corrected chi connectivity index (χ0v) is 18.6. The number of anilines is 2. The fourth-order valence-electron chi connectivity index (χ4n) is 3.44. The van der Waals surface area contributed by atoms with Gasteiger partial charge in [0.25, 0.3) is 0 Å². The Balaban J connectivity index is 1.61. The molecule has 6 nitrogen and oxygen atoms in total. The third-order valence-corrected chi connectivity index (χ3v) is 6.14. The van der Waals surface area contributed by atoms with Crippen molar-refractivity contribution in [2.75, 3.05) is 16.8 Å². The van der Waals surface area contributed by atoms with Crippen LogP contribution in [0.15, 0.2) is 73.1 Å². The summed E-state index contributed by atoms with van der Waals surface area (Å²) in [6.07, 6.45) is 4.78. The number of benzene rings is 1. The van der Waals surface area contributed by atoms with E-state index >= 15 is 0 Å². The van der Waals surface area contributed by atoms with Gasteiger partial charge in [-0.15, -0.1) is 11.3 Å². The second-order valence-corrected chi connectivity index (χ2v) is 8.56. The van der Waals surface area contributed by atoms with Crippen LogP contribution in [0.25, 0.3) is 10.6 Å². The van der Waals surface area contributed by atoms with Crippen LogP contribution in [0, 0.1) is 5.82 Å². The van der Waals surface area contributed by atoms with Gasteiger partial charge in [-0.1, -0.05) is 18.2 Å². The van der Waals surface area contributed by atoms with Crippen molar-refractivity contribution in [2.45, 2.75) is 19.6 Å². The van der Waals surface area contributed by atoms with Gasteiger partial charge in [-0.25, -0.2) is 9.37 Å². The van der Waals surface area contributed by atoms with Crippen LogP contribution in [0.3, 0.4) is 0 Å². The number of carbonyl (C=O) groups excluding carboxylic acids is 1. The number of pyridine rings is 2. The molecule has 4 aromatic rings. The molecule has 1 amide bonds. The van der Waals surface area contributed by atoms with Gasteiger partial charge in [0.1, 0.15) is 5.82 Å². The lowest BCUT2D eigenvalue weighted by Crippen LogP contribution is -2.22. The molecule has 3 heterocycles. The van der Waals surface area contributed by atoms with Crippen LogP contribution in [-0.2, 0) is 24.4 Å². The van der Waals surface area contributed by atoms with E-state index in [1.54, 1.807) is 23.4 Å². The molecule has 0 aliphatic rings. The van der Waals surface area contributed by atoms with E-state index in [1.165, 1.54) is 23.5 Å². The molecule has 0 unspecified atom stereocenters. The number of nitrogens with one attached hydrogen (secondary N) is 1. The molecule has 0 spiro atoms. The van der Waals surface area contributed by atoms with Gasteiger partial charge in [0, 0.05) is 23.8 Å². The van der Waals surface area contributed by atoms with Crippen molar-refractivity contribution in [3.05, 3.63) is 94.9 Å². The van der Waals surface area contributed by atoms with E-state index in [2.05, 4.69) is 10.3 Å². The number of hydrogen-bond donors (Lipinski definition) is 2. The number of thiophene rings is 1. The Morgan fingerprint density at radius 3 is 2.70 bits per heavy atom. The fourth-order valence-corrected chi connectivity index (χ4v) is 4.27. The molecule has 33 heavy (non-hydrogen) atoms. The van der Waals surface area contributed by atoms with E-state index in [0.29, 0.717) is 31.0 Å². The van der Waals surface area contributed by atoms with Crippen LogP contribution in [0.2, 0.25) is 0 Å². The zero-order valence-electron chi connectivity index (χ0n) is 17.8. The van der Waals surface area contributed by atoms with Gasteiger partial charge in [0.2, 0.25) is 6.41 Å². The van der Waals surface area contributed by atoms with E-state index < -0.39 is 0 Å². The molecule has 0 fully saturated rings. The quantitative estimate of drug-likeness (QED) is 0.335. The SMILES string of the molecule is O=CN(Cc1cccnc1)c1ccc(-c2ccc(CO)s2)nc1NCCc1cccc(F)c1. The molecule has 0 saturated heterocycles. The Hall–Kier alpha value is -3.62. The second kappa shape index (κ2) is 10.8. The minimum Gasteiger partial charge on any atom is -0.391 e. The lowest BCUT2D eigenvalue weighted by molar-refractivity contribution is -0.107. The van der Waals surface area contributed by atoms with E-state index in [9.17, 15) is 14.3 Å². The summed E-state index contributed by atoms with van der Waals surface area (Å²) < 4.78 is 13.5. The van der Waals surface area contributed by atoms with Crippen LogP contribution < -0.4 is 10.2 Å². The van der Waals surface area contributed by atoms with Gasteiger partial charge in [-0.05, 0) is 60.0 Å². The lowest BCUT2D eigenvalue weighted by atomic mass is 10.1. The van der Waals surface area contributed by atoms with Crippen molar-refractivity contribution in [1.29, 1.82) is 0 Å². The molecule has 4 rings (SSSR count). The largest absolute Gasteiger partial charge is 0.391 e. The Bertz CT molecular complexity index is 1220. The number of aliphatic hydroxyl groups excluding tert-OH is 1. The number of rotatable bonds is 10. The molecular formula is C25H23FN4O2S. The van der Waals surface area contributed by atoms with Crippen LogP contribution >= 0.6 is 11.3 Å². The molecule has 8 heteroatoms. The summed E-state index contributed by atoms with van der Waals surface area (Å²) in [7, 11) is 0. The van der Waals surface area contributed by atoms with Crippen LogP contribution in [0.5, 0.6) is 0 Å². The number of halogens is 1. The Morgan fingerprint density at radius 2 is 1.97 bits per heavy atom. The van der Waals surface area contributed by atoms with Gasteiger partial charge in [-0.3, -0.25) is 9.78 Å². The Kier molecular flexibility index (Phi) is 7.39. The molecule has 1 aromatic carbocycles. The third-order valence-electron chi connectivity index (χ3n) is 5.05. The fraction of sp³-hybridized carbons (Fsp3) is 0.160. The van der Waals surface area contributed by atoms with Crippen molar-refractivity contribution in [3.8, 4) is 10.6 Å². The maximum absolute atomic E-state index is 13.5. The van der Waals surface area contributed by atoms with Gasteiger partial charge in [0.15, 0.2) is 5.82 Å². The van der Waals surface area contributed by atoms with Crippen LogP contribution in [0.4, 0.5) is 15.9 Å². The number of aliphatic hydroxyl groups is 1. The van der Waals surface area contributed by atoms with Crippen molar-refractivity contribution in [2.24, 2.45) is 0 Å². The highest BCUT2D eigenvalue weighted by atomic mass is 32.1. The average Bonchev–Trinajstić information content (AvgIpc) is 3.33. The molecule has 0 saturated carbocycles. The highest BCUT2D eigenvalue weighted by Crippen LogP contribution is 2.32. The minimum atomic E-state index is -0.269. The average molecular weight is 463 g/mol. The number of amides is 1. The summed E-state index contributed by atoms with van der Waals surface area (Å²) in [5.74, 6) is 0.285. The summed E-state index contributed by atoms with van der Waals surface area (Å²) in [5.41, 5.74) is 3.14. The predicted octanol–water partition coefficient (Wildman–Crippen LogP) is 4.65. The summed E-state index contributed by atoms with van der Waals surface area (Å²) in [6, 6.07) is 17.7. The van der Waals surface area contributed by atoms with Crippen LogP contribution in [0.1, 0.15) is 16.0 Å². The Labute approximate surface area is 195 Å². The third kappa shape index (κ3) is 5.79. The molecule has 0 radical (unpaired) electrons. The maximum Gasteiger partial charge on any atom is 0.214 e. The monoisotopic (exact) mass is 462 g/mol. The summed E-state index contributed by atoms with van der Waals surface area (Å²) in [4.78, 5) is 24.2. The Morgan fingerprint density at radius 1 is 1.09 bits per heavy atom. The van der Waals surface area contributed by atoms with Gasteiger partial charge < -0.3 is 15.3 Å². The van der Waals surface area contributed by atoms with Crippen molar-refractivity contribution in [1.82, 2.24) is 9.97 Å². The lowest BCUT2D eigenvalue weighted by Gasteiger charge is -2.21. The normalized spacial score (nSPS) is 10.7. The van der Waals surface area contributed by atoms with Gasteiger partial charge in [-0.2, -0.15) is 0 Å². The first-order valence-electron chi connectivity index (χ1n) is 10.5. The van der Waals surface area contributed by atoms with Crippen LogP contribution in [-0.4, -0.2) is 28.0 Å². The predicted molar refractivity (Wildman–Crippen MR) is 129 cm³/mol. The van der Waals surface area contributed by atoms with E-state index in [1.807, 2.05) is 42.5 Å². The minimum absolute atomic E-state index is 0.0223.